The summed E-state index contributed by atoms with van der Waals surface area (Å²) < 4.78 is 1.04. The second-order valence-electron chi connectivity index (χ2n) is 3.88. The molecule has 0 atom stereocenters. The molecule has 1 aliphatic rings. The molecule has 4 nitrogen and oxygen atoms in total. The van der Waals surface area contributed by atoms with Crippen LogP contribution < -0.4 is 5.84 Å². The van der Waals surface area contributed by atoms with Crippen LogP contribution in [0.1, 0.15) is 12.0 Å². The van der Waals surface area contributed by atoms with Crippen LogP contribution in [0.15, 0.2) is 28.7 Å². The zero-order valence-corrected chi connectivity index (χ0v) is 10.5. The number of hydrogen-bond donors (Lipinski definition) is 1. The molecular weight excluding hydrogens is 270 g/mol. The van der Waals surface area contributed by atoms with Gasteiger partial charge in [0.15, 0.2) is 0 Å². The van der Waals surface area contributed by atoms with E-state index < -0.39 is 0 Å². The Morgan fingerprint density at radius 1 is 1.25 bits per heavy atom. The van der Waals surface area contributed by atoms with Gasteiger partial charge in [-0.05, 0) is 24.1 Å². The molecule has 1 aliphatic heterocycles. The van der Waals surface area contributed by atoms with Gasteiger partial charge in [-0.3, -0.25) is 5.01 Å². The number of amides is 2. The Balaban J connectivity index is 2.03. The van der Waals surface area contributed by atoms with Gasteiger partial charge in [0, 0.05) is 24.1 Å². The smallest absolute Gasteiger partial charge is 0.319 e. The Morgan fingerprint density at radius 3 is 2.62 bits per heavy atom. The lowest BCUT2D eigenvalue weighted by Gasteiger charge is -2.32. The van der Waals surface area contributed by atoms with E-state index in [2.05, 4.69) is 15.9 Å². The van der Waals surface area contributed by atoms with Gasteiger partial charge in [-0.25, -0.2) is 10.6 Å². The van der Waals surface area contributed by atoms with Gasteiger partial charge in [-0.2, -0.15) is 0 Å². The van der Waals surface area contributed by atoms with Gasteiger partial charge in [0.1, 0.15) is 0 Å². The van der Waals surface area contributed by atoms with Crippen molar-refractivity contribution in [2.75, 3.05) is 13.1 Å². The molecule has 1 heterocycles. The normalized spacial score (nSPS) is 16.8. The zero-order chi connectivity index (χ0) is 11.5. The van der Waals surface area contributed by atoms with Crippen LogP contribution in [0.5, 0.6) is 0 Å². The summed E-state index contributed by atoms with van der Waals surface area (Å²) >= 11 is 3.38. The summed E-state index contributed by atoms with van der Waals surface area (Å²) in [5.74, 6) is 5.58. The Kier molecular flexibility index (Phi) is 3.46. The maximum absolute atomic E-state index is 11.7. The topological polar surface area (TPSA) is 49.6 Å². The van der Waals surface area contributed by atoms with Crippen molar-refractivity contribution < 1.29 is 4.79 Å². The van der Waals surface area contributed by atoms with Crippen molar-refractivity contribution >= 4 is 22.0 Å². The van der Waals surface area contributed by atoms with E-state index in [4.69, 9.17) is 5.84 Å². The largest absolute Gasteiger partial charge is 0.334 e. The van der Waals surface area contributed by atoms with Crippen LogP contribution in [0.3, 0.4) is 0 Å². The molecule has 0 bridgehead atoms. The zero-order valence-electron chi connectivity index (χ0n) is 8.90. The monoisotopic (exact) mass is 283 g/mol. The molecule has 1 aromatic rings. The second-order valence-corrected chi connectivity index (χ2v) is 4.79. The van der Waals surface area contributed by atoms with E-state index in [0.717, 1.165) is 23.0 Å². The summed E-state index contributed by atoms with van der Waals surface area (Å²) in [5, 5.41) is 1.28. The number of hydrazine groups is 1. The number of carbonyl (C=O) groups is 1. The molecule has 0 unspecified atom stereocenters. The Bertz CT molecular complexity index is 379. The van der Waals surface area contributed by atoms with Crippen LogP contribution in [0, 0.1) is 0 Å². The fourth-order valence-corrected chi connectivity index (χ4v) is 2.03. The van der Waals surface area contributed by atoms with Crippen molar-refractivity contribution in [3.05, 3.63) is 34.3 Å². The van der Waals surface area contributed by atoms with Gasteiger partial charge < -0.3 is 4.90 Å². The van der Waals surface area contributed by atoms with Crippen LogP contribution in [0.2, 0.25) is 0 Å². The highest BCUT2D eigenvalue weighted by molar-refractivity contribution is 9.10. The summed E-state index contributed by atoms with van der Waals surface area (Å²) in [6, 6.07) is 7.88. The molecule has 5 heteroatoms. The van der Waals surface area contributed by atoms with Gasteiger partial charge in [-0.15, -0.1) is 0 Å². The molecule has 86 valence electrons. The van der Waals surface area contributed by atoms with E-state index in [1.165, 1.54) is 5.01 Å². The molecule has 1 aromatic carbocycles. The first kappa shape index (κ1) is 11.4. The van der Waals surface area contributed by atoms with E-state index >= 15 is 0 Å². The minimum atomic E-state index is -0.0887. The Labute approximate surface area is 103 Å². The van der Waals surface area contributed by atoms with Crippen molar-refractivity contribution in [2.45, 2.75) is 13.0 Å². The quantitative estimate of drug-likeness (QED) is 0.666. The molecule has 1 fully saturated rings. The SMILES string of the molecule is NN1CCCN(Cc2ccc(Br)cc2)C1=O. The first-order chi connectivity index (χ1) is 7.66. The number of benzene rings is 1. The lowest BCUT2D eigenvalue weighted by Crippen LogP contribution is -2.52. The summed E-state index contributed by atoms with van der Waals surface area (Å²) in [7, 11) is 0. The minimum Gasteiger partial charge on any atom is -0.319 e. The van der Waals surface area contributed by atoms with Gasteiger partial charge in [-0.1, -0.05) is 28.1 Å². The number of halogens is 1. The first-order valence-corrected chi connectivity index (χ1v) is 6.02. The van der Waals surface area contributed by atoms with Crippen molar-refractivity contribution in [1.82, 2.24) is 9.91 Å². The van der Waals surface area contributed by atoms with Gasteiger partial charge >= 0.3 is 6.03 Å². The minimum absolute atomic E-state index is 0.0887. The third-order valence-electron chi connectivity index (χ3n) is 2.63. The summed E-state index contributed by atoms with van der Waals surface area (Å²) in [4.78, 5) is 13.5. The lowest BCUT2D eigenvalue weighted by molar-refractivity contribution is 0.127. The lowest BCUT2D eigenvalue weighted by atomic mass is 10.2. The standard InChI is InChI=1S/C11H14BrN3O/c12-10-4-2-9(3-5-10)8-14-6-1-7-15(13)11(14)16/h2-5H,1,6-8,13H2. The third kappa shape index (κ3) is 2.54. The first-order valence-electron chi connectivity index (χ1n) is 5.22. The van der Waals surface area contributed by atoms with Gasteiger partial charge in [0.25, 0.3) is 0 Å². The highest BCUT2D eigenvalue weighted by Gasteiger charge is 2.22. The molecule has 1 saturated heterocycles. The highest BCUT2D eigenvalue weighted by atomic mass is 79.9. The number of hydrogen-bond acceptors (Lipinski definition) is 2. The fraction of sp³-hybridized carbons (Fsp3) is 0.364. The Morgan fingerprint density at radius 2 is 1.94 bits per heavy atom. The van der Waals surface area contributed by atoms with Crippen LogP contribution >= 0.6 is 15.9 Å². The second kappa shape index (κ2) is 4.84. The van der Waals surface area contributed by atoms with E-state index in [1.54, 1.807) is 4.90 Å². The summed E-state index contributed by atoms with van der Waals surface area (Å²) in [6.07, 6.45) is 0.929. The van der Waals surface area contributed by atoms with E-state index in [9.17, 15) is 4.79 Å². The molecule has 2 rings (SSSR count). The van der Waals surface area contributed by atoms with Crippen LogP contribution in [-0.4, -0.2) is 29.0 Å². The maximum atomic E-state index is 11.7. The average molecular weight is 284 g/mol. The predicted molar refractivity (Wildman–Crippen MR) is 65.5 cm³/mol. The summed E-state index contributed by atoms with van der Waals surface area (Å²) in [5.41, 5.74) is 1.12. The molecule has 16 heavy (non-hydrogen) atoms. The average Bonchev–Trinajstić information content (AvgIpc) is 2.28. The van der Waals surface area contributed by atoms with Crippen molar-refractivity contribution in [2.24, 2.45) is 5.84 Å². The summed E-state index contributed by atoms with van der Waals surface area (Å²) in [6.45, 7) is 2.05. The van der Waals surface area contributed by atoms with Crippen molar-refractivity contribution in [3.63, 3.8) is 0 Å². The van der Waals surface area contributed by atoms with E-state index in [-0.39, 0.29) is 6.03 Å². The molecule has 2 amide bonds. The molecule has 0 spiro atoms. The molecular formula is C11H14BrN3O. The van der Waals surface area contributed by atoms with Crippen molar-refractivity contribution in [3.8, 4) is 0 Å². The van der Waals surface area contributed by atoms with Crippen LogP contribution in [0.4, 0.5) is 4.79 Å². The number of rotatable bonds is 2. The van der Waals surface area contributed by atoms with Crippen LogP contribution in [0.25, 0.3) is 0 Å². The predicted octanol–water partition coefficient (Wildman–Crippen LogP) is 1.95. The van der Waals surface area contributed by atoms with E-state index in [1.807, 2.05) is 24.3 Å². The van der Waals surface area contributed by atoms with Crippen LogP contribution in [-0.2, 0) is 6.54 Å². The number of nitrogens with two attached hydrogens (primary N) is 1. The number of carbonyl (C=O) groups excluding carboxylic acids is 1. The van der Waals surface area contributed by atoms with Crippen molar-refractivity contribution in [1.29, 1.82) is 0 Å². The number of urea groups is 1. The molecule has 0 saturated carbocycles. The van der Waals surface area contributed by atoms with E-state index in [0.29, 0.717) is 13.1 Å². The molecule has 0 radical (unpaired) electrons. The fourth-order valence-electron chi connectivity index (χ4n) is 1.76. The third-order valence-corrected chi connectivity index (χ3v) is 3.16. The number of nitrogens with zero attached hydrogens (tertiary/aromatic N) is 2. The maximum Gasteiger partial charge on any atom is 0.334 e. The molecule has 2 N–H and O–H groups in total. The van der Waals surface area contributed by atoms with Gasteiger partial charge in [0.05, 0.1) is 0 Å². The highest BCUT2D eigenvalue weighted by Crippen LogP contribution is 2.14. The van der Waals surface area contributed by atoms with Gasteiger partial charge in [0.2, 0.25) is 0 Å². The molecule has 0 aliphatic carbocycles. The molecule has 0 aromatic heterocycles. The Hall–Kier alpha value is -1.07.